The van der Waals surface area contributed by atoms with Crippen LogP contribution in [0.1, 0.15) is 11.1 Å². The van der Waals surface area contributed by atoms with Crippen molar-refractivity contribution in [2.75, 3.05) is 14.2 Å². The molecule has 0 fully saturated rings. The second kappa shape index (κ2) is 9.41. The highest BCUT2D eigenvalue weighted by Gasteiger charge is 2.15. The van der Waals surface area contributed by atoms with E-state index in [-0.39, 0.29) is 24.8 Å². The summed E-state index contributed by atoms with van der Waals surface area (Å²) in [5.74, 6) is -0.483. The van der Waals surface area contributed by atoms with Crippen LogP contribution in [0.5, 0.6) is 0 Å². The zero-order valence-corrected chi connectivity index (χ0v) is 20.4. The second-order valence-electron chi connectivity index (χ2n) is 7.97. The Hall–Kier alpha value is -3.48. The van der Waals surface area contributed by atoms with Gasteiger partial charge in [-0.1, -0.05) is 48.5 Å². The quantitative estimate of drug-likeness (QED) is 0.246. The van der Waals surface area contributed by atoms with Crippen LogP contribution in [0.2, 0.25) is 0 Å². The summed E-state index contributed by atoms with van der Waals surface area (Å²) >= 11 is 3.45. The van der Waals surface area contributed by atoms with Crippen molar-refractivity contribution in [2.45, 2.75) is 12.8 Å². The van der Waals surface area contributed by atoms with Crippen LogP contribution >= 0.6 is 22.7 Å². The Labute approximate surface area is 205 Å². The van der Waals surface area contributed by atoms with Gasteiger partial charge in [0.15, 0.2) is 0 Å². The van der Waals surface area contributed by atoms with Crippen molar-refractivity contribution in [1.29, 1.82) is 0 Å². The maximum Gasteiger partial charge on any atom is 0.310 e. The second-order valence-corrected chi connectivity index (χ2v) is 10.1. The fourth-order valence-corrected chi connectivity index (χ4v) is 6.43. The van der Waals surface area contributed by atoms with Gasteiger partial charge in [-0.05, 0) is 57.3 Å². The molecule has 170 valence electrons. The maximum atomic E-state index is 11.9. The summed E-state index contributed by atoms with van der Waals surface area (Å²) in [6, 6.07) is 24.8. The Balaban J connectivity index is 1.54. The highest BCUT2D eigenvalue weighted by molar-refractivity contribution is 7.23. The minimum Gasteiger partial charge on any atom is -0.469 e. The monoisotopic (exact) mass is 486 g/mol. The largest absolute Gasteiger partial charge is 0.469 e. The summed E-state index contributed by atoms with van der Waals surface area (Å²) in [7, 11) is 2.83. The van der Waals surface area contributed by atoms with E-state index < -0.39 is 0 Å². The highest BCUT2D eigenvalue weighted by Crippen LogP contribution is 2.41. The molecule has 3 aromatic carbocycles. The van der Waals surface area contributed by atoms with Gasteiger partial charge in [0, 0.05) is 19.2 Å². The third-order valence-corrected chi connectivity index (χ3v) is 8.11. The molecule has 2 aromatic heterocycles. The molecule has 0 unspecified atom stereocenters. The van der Waals surface area contributed by atoms with Crippen LogP contribution in [0.3, 0.4) is 0 Å². The summed E-state index contributed by atoms with van der Waals surface area (Å²) in [5.41, 5.74) is 4.06. The number of ether oxygens (including phenoxy) is 2. The zero-order valence-electron chi connectivity index (χ0n) is 18.8. The lowest BCUT2D eigenvalue weighted by atomic mass is 10.0. The number of hydrogen-bond acceptors (Lipinski definition) is 6. The molecule has 0 radical (unpaired) electrons. The van der Waals surface area contributed by atoms with Crippen molar-refractivity contribution in [2.24, 2.45) is 0 Å². The molecule has 0 aliphatic heterocycles. The van der Waals surface area contributed by atoms with E-state index in [1.165, 1.54) is 34.4 Å². The summed E-state index contributed by atoms with van der Waals surface area (Å²) in [5, 5.41) is 2.35. The van der Waals surface area contributed by atoms with Gasteiger partial charge in [0.05, 0.1) is 27.1 Å². The minimum atomic E-state index is -0.242. The number of carbonyl (C=O) groups excluding carboxylic acids is 2. The predicted octanol–water partition coefficient (Wildman–Crippen LogP) is 6.88. The topological polar surface area (TPSA) is 52.6 Å². The fraction of sp³-hybridized carbons (Fsp3) is 0.143. The third-order valence-electron chi connectivity index (χ3n) is 5.85. The molecule has 0 atom stereocenters. The summed E-state index contributed by atoms with van der Waals surface area (Å²) in [6.07, 6.45) is 0.509. The Kier molecular flexibility index (Phi) is 6.18. The molecule has 5 rings (SSSR count). The van der Waals surface area contributed by atoms with Gasteiger partial charge >= 0.3 is 11.9 Å². The molecular formula is C28H22O4S2. The van der Waals surface area contributed by atoms with Gasteiger partial charge in [0.1, 0.15) is 0 Å². The first-order valence-corrected chi connectivity index (χ1v) is 12.5. The average molecular weight is 487 g/mol. The van der Waals surface area contributed by atoms with Gasteiger partial charge in [-0.3, -0.25) is 9.59 Å². The summed E-state index contributed by atoms with van der Waals surface area (Å²) in [6.45, 7) is 0. The first kappa shape index (κ1) is 22.3. The van der Waals surface area contributed by atoms with Crippen molar-refractivity contribution in [3.63, 3.8) is 0 Å². The van der Waals surface area contributed by atoms with E-state index >= 15 is 0 Å². The van der Waals surface area contributed by atoms with E-state index in [1.807, 2.05) is 36.4 Å². The van der Waals surface area contributed by atoms with Crippen LogP contribution in [0.25, 0.3) is 41.1 Å². The number of methoxy groups -OCH3 is 2. The van der Waals surface area contributed by atoms with Crippen molar-refractivity contribution < 1.29 is 19.1 Å². The van der Waals surface area contributed by atoms with E-state index in [4.69, 9.17) is 9.47 Å². The molecule has 0 N–H and O–H groups in total. The number of fused-ring (bicyclic) bond motifs is 2. The highest BCUT2D eigenvalue weighted by atomic mass is 32.1. The van der Waals surface area contributed by atoms with Gasteiger partial charge in [-0.2, -0.15) is 0 Å². The smallest absolute Gasteiger partial charge is 0.310 e. The molecule has 0 spiro atoms. The third kappa shape index (κ3) is 4.34. The number of benzene rings is 3. The van der Waals surface area contributed by atoms with E-state index in [0.29, 0.717) is 0 Å². The van der Waals surface area contributed by atoms with Crippen LogP contribution in [0.15, 0.2) is 72.8 Å². The number of esters is 2. The molecule has 0 saturated carbocycles. The number of rotatable bonds is 6. The van der Waals surface area contributed by atoms with Crippen molar-refractivity contribution in [3.05, 3.63) is 83.9 Å². The average Bonchev–Trinajstić information content (AvgIpc) is 3.46. The lowest BCUT2D eigenvalue weighted by molar-refractivity contribution is -0.140. The van der Waals surface area contributed by atoms with Crippen LogP contribution in [0, 0.1) is 0 Å². The van der Waals surface area contributed by atoms with Crippen LogP contribution in [-0.2, 0) is 31.9 Å². The molecule has 2 heterocycles. The Morgan fingerprint density at radius 3 is 1.47 bits per heavy atom. The van der Waals surface area contributed by atoms with Gasteiger partial charge in [-0.15, -0.1) is 22.7 Å². The van der Waals surface area contributed by atoms with Crippen molar-refractivity contribution in [1.82, 2.24) is 0 Å². The van der Waals surface area contributed by atoms with E-state index in [0.717, 1.165) is 32.0 Å². The zero-order chi connectivity index (χ0) is 23.7. The minimum absolute atomic E-state index is 0.242. The molecule has 6 heteroatoms. The Bertz CT molecular complexity index is 1360. The van der Waals surface area contributed by atoms with E-state index in [1.54, 1.807) is 22.7 Å². The predicted molar refractivity (Wildman–Crippen MR) is 140 cm³/mol. The van der Waals surface area contributed by atoms with Gasteiger partial charge in [0.25, 0.3) is 0 Å². The number of hydrogen-bond donors (Lipinski definition) is 0. The summed E-state index contributed by atoms with van der Waals surface area (Å²) < 4.78 is 12.1. The molecule has 0 aliphatic carbocycles. The lowest BCUT2D eigenvalue weighted by Gasteiger charge is -2.06. The number of thiophene rings is 2. The van der Waals surface area contributed by atoms with Gasteiger partial charge in [0.2, 0.25) is 0 Å². The van der Waals surface area contributed by atoms with Crippen LogP contribution in [-0.4, -0.2) is 26.2 Å². The fourth-order valence-electron chi connectivity index (χ4n) is 4.12. The first-order chi connectivity index (χ1) is 16.6. The molecule has 5 aromatic rings. The maximum absolute atomic E-state index is 11.9. The Morgan fingerprint density at radius 2 is 1.06 bits per heavy atom. The molecule has 0 bridgehead atoms. The van der Waals surface area contributed by atoms with Gasteiger partial charge in [-0.25, -0.2) is 0 Å². The summed E-state index contributed by atoms with van der Waals surface area (Å²) in [4.78, 5) is 26.0. The standard InChI is InChI=1S/C28H22O4S2/c1-31-27(29)15-17-7-3-5-9-21(17)25-13-19-11-24-20(12-23(19)33-25)14-26(34-24)22-10-6-4-8-18(22)16-28(30)32-2/h3-14H,15-16H2,1-2H3. The van der Waals surface area contributed by atoms with Crippen molar-refractivity contribution in [3.8, 4) is 20.9 Å². The van der Waals surface area contributed by atoms with E-state index in [9.17, 15) is 9.59 Å². The van der Waals surface area contributed by atoms with Gasteiger partial charge < -0.3 is 9.47 Å². The Morgan fingerprint density at radius 1 is 0.647 bits per heavy atom. The van der Waals surface area contributed by atoms with Crippen LogP contribution < -0.4 is 0 Å². The number of carbonyl (C=O) groups is 2. The first-order valence-electron chi connectivity index (χ1n) is 10.8. The lowest BCUT2D eigenvalue weighted by Crippen LogP contribution is -2.05. The molecule has 0 amide bonds. The molecule has 34 heavy (non-hydrogen) atoms. The van der Waals surface area contributed by atoms with Crippen molar-refractivity contribution >= 4 is 54.8 Å². The molecule has 4 nitrogen and oxygen atoms in total. The SMILES string of the molecule is COC(=O)Cc1ccccc1-c1cc2cc3sc(-c4ccccc4CC(=O)OC)cc3cc2s1. The normalized spacial score (nSPS) is 11.1. The molecule has 0 saturated heterocycles. The molecule has 0 aliphatic rings. The van der Waals surface area contributed by atoms with E-state index in [2.05, 4.69) is 36.4 Å². The molecular weight excluding hydrogens is 464 g/mol. The van der Waals surface area contributed by atoms with Crippen LogP contribution in [0.4, 0.5) is 0 Å².